The Labute approximate surface area is 122 Å². The smallest absolute Gasteiger partial charge is 0.165 e. The molecular weight excluding hydrogens is 269 g/mol. The summed E-state index contributed by atoms with van der Waals surface area (Å²) in [5.41, 5.74) is 1.18. The summed E-state index contributed by atoms with van der Waals surface area (Å²) in [6.07, 6.45) is 4.63. The van der Waals surface area contributed by atoms with Crippen LogP contribution in [0.25, 0.3) is 0 Å². The molecule has 1 aliphatic heterocycles. The zero-order valence-corrected chi connectivity index (χ0v) is 11.8. The highest BCUT2D eigenvalue weighted by Crippen LogP contribution is 2.36. The fourth-order valence-electron chi connectivity index (χ4n) is 3.18. The molecule has 0 spiro atoms. The van der Waals surface area contributed by atoms with Crippen LogP contribution < -0.4 is 0 Å². The number of hydrogen-bond donors (Lipinski definition) is 0. The van der Waals surface area contributed by atoms with Gasteiger partial charge in [-0.3, -0.25) is 4.90 Å². The van der Waals surface area contributed by atoms with Crippen molar-refractivity contribution in [1.82, 2.24) is 25.1 Å². The van der Waals surface area contributed by atoms with Crippen molar-refractivity contribution in [3.63, 3.8) is 0 Å². The SMILES string of the molecule is Fc1ccc([C@H]2CCCN2Cc2nnnn2C2CC2)cc1. The summed E-state index contributed by atoms with van der Waals surface area (Å²) in [5.74, 6) is 0.771. The molecule has 2 heterocycles. The lowest BCUT2D eigenvalue weighted by atomic mass is 10.0. The van der Waals surface area contributed by atoms with E-state index >= 15 is 0 Å². The summed E-state index contributed by atoms with van der Waals surface area (Å²) >= 11 is 0. The average Bonchev–Trinajstić information content (AvgIpc) is 3.06. The molecule has 1 aromatic heterocycles. The van der Waals surface area contributed by atoms with Crippen molar-refractivity contribution in [3.05, 3.63) is 41.5 Å². The minimum Gasteiger partial charge on any atom is -0.289 e. The number of tetrazole rings is 1. The van der Waals surface area contributed by atoms with Crippen LogP contribution in [0.5, 0.6) is 0 Å². The highest BCUT2D eigenvalue weighted by atomic mass is 19.1. The van der Waals surface area contributed by atoms with Gasteiger partial charge in [-0.15, -0.1) is 5.10 Å². The Hall–Kier alpha value is -1.82. The lowest BCUT2D eigenvalue weighted by Crippen LogP contribution is -2.25. The third kappa shape index (κ3) is 2.55. The minimum atomic E-state index is -0.180. The molecule has 0 radical (unpaired) electrons. The maximum Gasteiger partial charge on any atom is 0.165 e. The molecule has 1 atom stereocenters. The molecule has 2 aromatic rings. The minimum absolute atomic E-state index is 0.180. The van der Waals surface area contributed by atoms with Gasteiger partial charge >= 0.3 is 0 Å². The van der Waals surface area contributed by atoms with Crippen molar-refractivity contribution in [2.24, 2.45) is 0 Å². The molecule has 0 amide bonds. The monoisotopic (exact) mass is 287 g/mol. The average molecular weight is 287 g/mol. The molecule has 1 saturated carbocycles. The van der Waals surface area contributed by atoms with Gasteiger partial charge in [0.2, 0.25) is 0 Å². The fraction of sp³-hybridized carbons (Fsp3) is 0.533. The van der Waals surface area contributed by atoms with E-state index in [1.165, 1.54) is 18.4 Å². The second kappa shape index (κ2) is 5.18. The molecule has 2 aliphatic rings. The maximum absolute atomic E-state index is 13.1. The fourth-order valence-corrected chi connectivity index (χ4v) is 3.18. The van der Waals surface area contributed by atoms with Gasteiger partial charge in [0.05, 0.1) is 12.6 Å². The number of halogens is 1. The van der Waals surface area contributed by atoms with Crippen LogP contribution in [0.2, 0.25) is 0 Å². The molecule has 2 fully saturated rings. The number of hydrogen-bond acceptors (Lipinski definition) is 4. The van der Waals surface area contributed by atoms with Gasteiger partial charge < -0.3 is 0 Å². The van der Waals surface area contributed by atoms with Crippen LogP contribution in [0.3, 0.4) is 0 Å². The first-order valence-corrected chi connectivity index (χ1v) is 7.57. The van der Waals surface area contributed by atoms with E-state index in [2.05, 4.69) is 20.4 Å². The number of aromatic nitrogens is 4. The Morgan fingerprint density at radius 2 is 1.95 bits per heavy atom. The molecule has 4 rings (SSSR count). The third-order valence-corrected chi connectivity index (χ3v) is 4.42. The van der Waals surface area contributed by atoms with E-state index in [0.29, 0.717) is 12.1 Å². The number of likely N-dealkylation sites (tertiary alicyclic amines) is 1. The third-order valence-electron chi connectivity index (χ3n) is 4.42. The highest BCUT2D eigenvalue weighted by molar-refractivity contribution is 5.21. The zero-order valence-electron chi connectivity index (χ0n) is 11.8. The molecule has 1 aromatic carbocycles. The van der Waals surface area contributed by atoms with Crippen LogP contribution >= 0.6 is 0 Å². The van der Waals surface area contributed by atoms with Crippen molar-refractivity contribution in [2.75, 3.05) is 6.54 Å². The van der Waals surface area contributed by atoms with Crippen LogP contribution in [0, 0.1) is 5.82 Å². The molecule has 6 heteroatoms. The quantitative estimate of drug-likeness (QED) is 0.866. The number of benzene rings is 1. The largest absolute Gasteiger partial charge is 0.289 e. The van der Waals surface area contributed by atoms with E-state index in [4.69, 9.17) is 0 Å². The van der Waals surface area contributed by atoms with E-state index < -0.39 is 0 Å². The standard InChI is InChI=1S/C15H18FN5/c16-12-5-3-11(4-6-12)14-2-1-9-20(14)10-15-17-18-19-21(15)13-7-8-13/h3-6,13-14H,1-2,7-10H2/t14-/m1/s1. The van der Waals surface area contributed by atoms with Gasteiger partial charge in [0.15, 0.2) is 5.82 Å². The van der Waals surface area contributed by atoms with Gasteiger partial charge in [0.25, 0.3) is 0 Å². The van der Waals surface area contributed by atoms with Gasteiger partial charge in [-0.2, -0.15) is 0 Å². The molecule has 21 heavy (non-hydrogen) atoms. The van der Waals surface area contributed by atoms with E-state index in [1.54, 1.807) is 12.1 Å². The van der Waals surface area contributed by atoms with Gasteiger partial charge in [-0.1, -0.05) is 12.1 Å². The molecule has 0 bridgehead atoms. The normalized spacial score (nSPS) is 22.8. The lowest BCUT2D eigenvalue weighted by Gasteiger charge is -2.24. The molecule has 5 nitrogen and oxygen atoms in total. The molecule has 1 saturated heterocycles. The first kappa shape index (κ1) is 12.9. The molecular formula is C15H18FN5. The summed E-state index contributed by atoms with van der Waals surface area (Å²) in [6, 6.07) is 7.71. The maximum atomic E-state index is 13.1. The summed E-state index contributed by atoms with van der Waals surface area (Å²) in [7, 11) is 0. The summed E-state index contributed by atoms with van der Waals surface area (Å²) < 4.78 is 15.1. The van der Waals surface area contributed by atoms with E-state index in [-0.39, 0.29) is 5.82 Å². The summed E-state index contributed by atoms with van der Waals surface area (Å²) in [6.45, 7) is 1.81. The van der Waals surface area contributed by atoms with E-state index in [0.717, 1.165) is 31.8 Å². The van der Waals surface area contributed by atoms with Gasteiger partial charge in [0, 0.05) is 6.04 Å². The molecule has 110 valence electrons. The van der Waals surface area contributed by atoms with Gasteiger partial charge in [0.1, 0.15) is 5.82 Å². The van der Waals surface area contributed by atoms with Crippen LogP contribution in [0.4, 0.5) is 4.39 Å². The second-order valence-electron chi connectivity index (χ2n) is 5.95. The second-order valence-corrected chi connectivity index (χ2v) is 5.95. The summed E-state index contributed by atoms with van der Waals surface area (Å²) in [5, 5.41) is 12.1. The summed E-state index contributed by atoms with van der Waals surface area (Å²) in [4.78, 5) is 2.40. The predicted molar refractivity (Wildman–Crippen MR) is 74.9 cm³/mol. The molecule has 0 unspecified atom stereocenters. The first-order chi connectivity index (χ1) is 10.3. The predicted octanol–water partition coefficient (Wildman–Crippen LogP) is 2.48. The zero-order chi connectivity index (χ0) is 14.2. The Morgan fingerprint density at radius 3 is 2.71 bits per heavy atom. The van der Waals surface area contributed by atoms with Crippen molar-refractivity contribution < 1.29 is 4.39 Å². The topological polar surface area (TPSA) is 46.8 Å². The molecule has 1 aliphatic carbocycles. The van der Waals surface area contributed by atoms with E-state index in [9.17, 15) is 4.39 Å². The highest BCUT2D eigenvalue weighted by Gasteiger charge is 2.31. The lowest BCUT2D eigenvalue weighted by molar-refractivity contribution is 0.237. The van der Waals surface area contributed by atoms with E-state index in [1.807, 2.05) is 16.8 Å². The first-order valence-electron chi connectivity index (χ1n) is 7.57. The van der Waals surface area contributed by atoms with Gasteiger partial charge in [-0.05, 0) is 60.4 Å². The Bertz CT molecular complexity index is 619. The Kier molecular flexibility index (Phi) is 3.18. The van der Waals surface area contributed by atoms with Crippen molar-refractivity contribution in [1.29, 1.82) is 0 Å². The van der Waals surface area contributed by atoms with Crippen LogP contribution in [-0.2, 0) is 6.54 Å². The van der Waals surface area contributed by atoms with Crippen LogP contribution in [0.15, 0.2) is 24.3 Å². The number of nitrogens with zero attached hydrogens (tertiary/aromatic N) is 5. The molecule has 0 N–H and O–H groups in total. The van der Waals surface area contributed by atoms with Crippen molar-refractivity contribution in [3.8, 4) is 0 Å². The van der Waals surface area contributed by atoms with Crippen LogP contribution in [-0.4, -0.2) is 31.7 Å². The van der Waals surface area contributed by atoms with Crippen molar-refractivity contribution >= 4 is 0 Å². The van der Waals surface area contributed by atoms with Crippen molar-refractivity contribution in [2.45, 2.75) is 44.3 Å². The Morgan fingerprint density at radius 1 is 1.14 bits per heavy atom. The Balaban J connectivity index is 1.53. The van der Waals surface area contributed by atoms with Crippen LogP contribution in [0.1, 0.15) is 49.2 Å². The van der Waals surface area contributed by atoms with Gasteiger partial charge in [-0.25, -0.2) is 9.07 Å². The number of rotatable bonds is 4.